The normalized spacial score (nSPS) is 10.4. The Bertz CT molecular complexity index is 311. The molecule has 0 aliphatic heterocycles. The molecule has 0 N–H and O–H groups in total. The maximum Gasteiger partial charge on any atom is 0.105 e. The maximum atomic E-state index is 8.41. The predicted octanol–water partition coefficient (Wildman–Crippen LogP) is 1.98. The van der Waals surface area contributed by atoms with Crippen molar-refractivity contribution in [3.63, 3.8) is 0 Å². The Kier molecular flexibility index (Phi) is 4.21. The quantitative estimate of drug-likeness (QED) is 0.716. The zero-order chi connectivity index (χ0) is 10.4. The lowest BCUT2D eigenvalue weighted by molar-refractivity contribution is 0.332. The van der Waals surface area contributed by atoms with E-state index < -0.39 is 0 Å². The van der Waals surface area contributed by atoms with Crippen LogP contribution in [0.2, 0.25) is 0 Å². The Morgan fingerprint density at radius 2 is 2.21 bits per heavy atom. The first-order valence-electron chi connectivity index (χ1n) is 4.83. The summed E-state index contributed by atoms with van der Waals surface area (Å²) >= 11 is 0. The van der Waals surface area contributed by atoms with Crippen LogP contribution in [0.3, 0.4) is 0 Å². The van der Waals surface area contributed by atoms with Crippen LogP contribution in [0.5, 0.6) is 0 Å². The van der Waals surface area contributed by atoms with E-state index in [-0.39, 0.29) is 0 Å². The third kappa shape index (κ3) is 3.63. The molecule has 0 unspecified atom stereocenters. The number of rotatable bonds is 5. The van der Waals surface area contributed by atoms with E-state index in [0.717, 1.165) is 31.0 Å². The highest BCUT2D eigenvalue weighted by atomic mass is 16.3. The second-order valence-corrected chi connectivity index (χ2v) is 3.47. The van der Waals surface area contributed by atoms with Gasteiger partial charge in [-0.3, -0.25) is 0 Å². The molecule has 0 saturated carbocycles. The van der Waals surface area contributed by atoms with E-state index in [1.807, 2.05) is 26.1 Å². The summed E-state index contributed by atoms with van der Waals surface area (Å²) in [6.07, 6.45) is 1.50. The molecule has 1 rings (SSSR count). The molecule has 76 valence electrons. The molecular formula is C11H16N2O. The third-order valence-corrected chi connectivity index (χ3v) is 2.14. The first-order chi connectivity index (χ1) is 6.72. The van der Waals surface area contributed by atoms with Gasteiger partial charge in [-0.1, -0.05) is 0 Å². The second kappa shape index (κ2) is 5.46. The standard InChI is InChI=1S/C11H16N2O/c1-10-4-5-11(14-10)6-9-13(2)8-3-7-12/h4-5H,3,6,8-9H2,1-2H3. The summed E-state index contributed by atoms with van der Waals surface area (Å²) in [4.78, 5) is 2.14. The zero-order valence-electron chi connectivity index (χ0n) is 8.79. The fourth-order valence-electron chi connectivity index (χ4n) is 1.27. The molecule has 0 amide bonds. The lowest BCUT2D eigenvalue weighted by Crippen LogP contribution is -2.21. The van der Waals surface area contributed by atoms with Crippen LogP contribution in [0.1, 0.15) is 17.9 Å². The Morgan fingerprint density at radius 1 is 1.43 bits per heavy atom. The van der Waals surface area contributed by atoms with Crippen LogP contribution < -0.4 is 0 Å². The average Bonchev–Trinajstić information content (AvgIpc) is 2.58. The van der Waals surface area contributed by atoms with E-state index >= 15 is 0 Å². The summed E-state index contributed by atoms with van der Waals surface area (Å²) in [5, 5.41) is 8.41. The fraction of sp³-hybridized carbons (Fsp3) is 0.545. The van der Waals surface area contributed by atoms with E-state index in [4.69, 9.17) is 9.68 Å². The highest BCUT2D eigenvalue weighted by Gasteiger charge is 2.01. The first kappa shape index (κ1) is 10.8. The van der Waals surface area contributed by atoms with Crippen molar-refractivity contribution < 1.29 is 4.42 Å². The van der Waals surface area contributed by atoms with Crippen molar-refractivity contribution in [1.82, 2.24) is 4.90 Å². The summed E-state index contributed by atoms with van der Waals surface area (Å²) in [5.41, 5.74) is 0. The van der Waals surface area contributed by atoms with Gasteiger partial charge >= 0.3 is 0 Å². The molecule has 1 aromatic rings. The molecule has 0 atom stereocenters. The molecule has 0 bridgehead atoms. The highest BCUT2D eigenvalue weighted by Crippen LogP contribution is 2.07. The van der Waals surface area contributed by atoms with Gasteiger partial charge in [-0.15, -0.1) is 0 Å². The van der Waals surface area contributed by atoms with Gasteiger partial charge in [-0.05, 0) is 26.1 Å². The number of likely N-dealkylation sites (N-methyl/N-ethyl adjacent to an activating group) is 1. The Balaban J connectivity index is 2.24. The van der Waals surface area contributed by atoms with Gasteiger partial charge in [-0.25, -0.2) is 0 Å². The topological polar surface area (TPSA) is 40.2 Å². The lowest BCUT2D eigenvalue weighted by Gasteiger charge is -2.13. The molecule has 0 aromatic carbocycles. The van der Waals surface area contributed by atoms with E-state index in [1.54, 1.807) is 0 Å². The van der Waals surface area contributed by atoms with Crippen LogP contribution in [-0.4, -0.2) is 25.0 Å². The van der Waals surface area contributed by atoms with Gasteiger partial charge in [0, 0.05) is 25.9 Å². The minimum Gasteiger partial charge on any atom is -0.466 e. The van der Waals surface area contributed by atoms with Crippen LogP contribution in [0.4, 0.5) is 0 Å². The number of nitrogens with zero attached hydrogens (tertiary/aromatic N) is 2. The number of furan rings is 1. The summed E-state index contributed by atoms with van der Waals surface area (Å²) in [6.45, 7) is 3.72. The second-order valence-electron chi connectivity index (χ2n) is 3.47. The molecule has 0 aliphatic rings. The Morgan fingerprint density at radius 3 is 2.79 bits per heavy atom. The number of aryl methyl sites for hydroxylation is 1. The van der Waals surface area contributed by atoms with Crippen LogP contribution >= 0.6 is 0 Å². The Hall–Kier alpha value is -1.27. The fourth-order valence-corrected chi connectivity index (χ4v) is 1.27. The average molecular weight is 192 g/mol. The van der Waals surface area contributed by atoms with Crippen LogP contribution in [-0.2, 0) is 6.42 Å². The molecule has 3 heteroatoms. The van der Waals surface area contributed by atoms with Gasteiger partial charge in [0.05, 0.1) is 6.07 Å². The van der Waals surface area contributed by atoms with E-state index in [1.165, 1.54) is 0 Å². The van der Waals surface area contributed by atoms with Crippen molar-refractivity contribution in [3.8, 4) is 6.07 Å². The molecule has 0 spiro atoms. The van der Waals surface area contributed by atoms with Crippen molar-refractivity contribution in [3.05, 3.63) is 23.7 Å². The molecule has 1 heterocycles. The highest BCUT2D eigenvalue weighted by molar-refractivity contribution is 5.05. The lowest BCUT2D eigenvalue weighted by atomic mass is 10.3. The van der Waals surface area contributed by atoms with Gasteiger partial charge < -0.3 is 9.32 Å². The predicted molar refractivity (Wildman–Crippen MR) is 54.9 cm³/mol. The largest absolute Gasteiger partial charge is 0.466 e. The molecule has 14 heavy (non-hydrogen) atoms. The third-order valence-electron chi connectivity index (χ3n) is 2.14. The summed E-state index contributed by atoms with van der Waals surface area (Å²) in [5.74, 6) is 1.98. The van der Waals surface area contributed by atoms with Gasteiger partial charge in [0.15, 0.2) is 0 Å². The van der Waals surface area contributed by atoms with Crippen LogP contribution in [0.15, 0.2) is 16.5 Å². The zero-order valence-corrected chi connectivity index (χ0v) is 8.79. The number of nitriles is 1. The van der Waals surface area contributed by atoms with Crippen LogP contribution in [0.25, 0.3) is 0 Å². The summed E-state index contributed by atoms with van der Waals surface area (Å²) in [6, 6.07) is 6.12. The maximum absolute atomic E-state index is 8.41. The van der Waals surface area contributed by atoms with E-state index in [9.17, 15) is 0 Å². The van der Waals surface area contributed by atoms with Gasteiger partial charge in [0.25, 0.3) is 0 Å². The molecule has 3 nitrogen and oxygen atoms in total. The first-order valence-corrected chi connectivity index (χ1v) is 4.83. The van der Waals surface area contributed by atoms with Crippen LogP contribution in [0, 0.1) is 18.3 Å². The number of hydrogen-bond donors (Lipinski definition) is 0. The molecule has 0 fully saturated rings. The van der Waals surface area contributed by atoms with Gasteiger partial charge in [-0.2, -0.15) is 5.26 Å². The molecular weight excluding hydrogens is 176 g/mol. The van der Waals surface area contributed by atoms with Crippen molar-refractivity contribution in [1.29, 1.82) is 5.26 Å². The minimum atomic E-state index is 0.591. The molecule has 1 aromatic heterocycles. The van der Waals surface area contributed by atoms with Gasteiger partial charge in [0.2, 0.25) is 0 Å². The molecule has 0 radical (unpaired) electrons. The van der Waals surface area contributed by atoms with Crippen molar-refractivity contribution in [2.24, 2.45) is 0 Å². The van der Waals surface area contributed by atoms with Crippen molar-refractivity contribution in [2.45, 2.75) is 19.8 Å². The molecule has 0 aliphatic carbocycles. The van der Waals surface area contributed by atoms with Gasteiger partial charge in [0.1, 0.15) is 11.5 Å². The van der Waals surface area contributed by atoms with Crippen molar-refractivity contribution >= 4 is 0 Å². The summed E-state index contributed by atoms with van der Waals surface area (Å²) in [7, 11) is 2.02. The van der Waals surface area contributed by atoms with E-state index in [2.05, 4.69) is 11.0 Å². The van der Waals surface area contributed by atoms with Crippen molar-refractivity contribution in [2.75, 3.05) is 20.1 Å². The van der Waals surface area contributed by atoms with E-state index in [0.29, 0.717) is 6.42 Å². The smallest absolute Gasteiger partial charge is 0.105 e. The monoisotopic (exact) mass is 192 g/mol. The number of hydrogen-bond acceptors (Lipinski definition) is 3. The Labute approximate surface area is 84.9 Å². The molecule has 0 saturated heterocycles. The SMILES string of the molecule is Cc1ccc(CCN(C)CCC#N)o1. The summed E-state index contributed by atoms with van der Waals surface area (Å²) < 4.78 is 5.45. The minimum absolute atomic E-state index is 0.591.